The number of hydrogen-bond donors (Lipinski definition) is 1. The molecule has 3 atom stereocenters. The highest BCUT2D eigenvalue weighted by atomic mass is 16.2. The summed E-state index contributed by atoms with van der Waals surface area (Å²) in [5, 5.41) is 0. The van der Waals surface area contributed by atoms with Crippen LogP contribution in [0.2, 0.25) is 0 Å². The minimum absolute atomic E-state index is 0.117. The topological polar surface area (TPSA) is 63.4 Å². The van der Waals surface area contributed by atoms with E-state index in [1.165, 1.54) is 32.1 Å². The zero-order chi connectivity index (χ0) is 18.9. The monoisotopic (exact) mass is 362 g/mol. The number of likely N-dealkylation sites (tertiary alicyclic amines) is 1. The molecule has 0 spiro atoms. The van der Waals surface area contributed by atoms with Crippen LogP contribution in [0.4, 0.5) is 0 Å². The van der Waals surface area contributed by atoms with Crippen molar-refractivity contribution in [3.63, 3.8) is 0 Å². The highest BCUT2D eigenvalue weighted by Crippen LogP contribution is 2.27. The second-order valence-corrected chi connectivity index (χ2v) is 8.52. The van der Waals surface area contributed by atoms with Gasteiger partial charge in [0.1, 0.15) is 6.04 Å². The summed E-state index contributed by atoms with van der Waals surface area (Å²) >= 11 is 0. The third kappa shape index (κ3) is 6.44. The first-order valence-corrected chi connectivity index (χ1v) is 10.8. The first-order valence-electron chi connectivity index (χ1n) is 10.8. The van der Waals surface area contributed by atoms with E-state index in [9.17, 15) is 9.59 Å². The SMILES string of the molecule is CC[C@@H](CC(=O)N1CCC[C@H]1C(N)=O)C[C@H](C)CC/C=C\C1CCCC1. The molecule has 2 N–H and O–H groups in total. The Hall–Kier alpha value is -1.32. The van der Waals surface area contributed by atoms with Gasteiger partial charge in [0.05, 0.1) is 0 Å². The van der Waals surface area contributed by atoms with Gasteiger partial charge >= 0.3 is 0 Å². The molecule has 4 nitrogen and oxygen atoms in total. The van der Waals surface area contributed by atoms with Gasteiger partial charge in [-0.15, -0.1) is 0 Å². The van der Waals surface area contributed by atoms with Gasteiger partial charge in [-0.2, -0.15) is 0 Å². The average molecular weight is 363 g/mol. The molecule has 0 radical (unpaired) electrons. The predicted molar refractivity (Wildman–Crippen MR) is 106 cm³/mol. The number of primary amides is 1. The van der Waals surface area contributed by atoms with Crippen molar-refractivity contribution >= 4 is 11.8 Å². The maximum Gasteiger partial charge on any atom is 0.240 e. The van der Waals surface area contributed by atoms with Crippen LogP contribution in [0, 0.1) is 17.8 Å². The number of nitrogens with zero attached hydrogens (tertiary/aromatic N) is 1. The van der Waals surface area contributed by atoms with E-state index >= 15 is 0 Å². The molecule has 26 heavy (non-hydrogen) atoms. The molecule has 2 amide bonds. The lowest BCUT2D eigenvalue weighted by Crippen LogP contribution is -2.44. The van der Waals surface area contributed by atoms with E-state index in [1.54, 1.807) is 4.90 Å². The van der Waals surface area contributed by atoms with E-state index in [0.717, 1.165) is 38.0 Å². The smallest absolute Gasteiger partial charge is 0.240 e. The maximum absolute atomic E-state index is 12.6. The number of rotatable bonds is 10. The fourth-order valence-electron chi connectivity index (χ4n) is 4.63. The summed E-state index contributed by atoms with van der Waals surface area (Å²) in [4.78, 5) is 25.9. The van der Waals surface area contributed by atoms with E-state index in [2.05, 4.69) is 26.0 Å². The molecule has 2 rings (SSSR count). The molecule has 0 aromatic heterocycles. The van der Waals surface area contributed by atoms with Gasteiger partial charge in [-0.1, -0.05) is 45.3 Å². The lowest BCUT2D eigenvalue weighted by Gasteiger charge is -2.25. The normalized spacial score (nSPS) is 23.6. The van der Waals surface area contributed by atoms with E-state index in [-0.39, 0.29) is 17.9 Å². The van der Waals surface area contributed by atoms with E-state index in [0.29, 0.717) is 24.8 Å². The van der Waals surface area contributed by atoms with E-state index in [4.69, 9.17) is 5.73 Å². The van der Waals surface area contributed by atoms with Crippen molar-refractivity contribution in [3.05, 3.63) is 12.2 Å². The summed E-state index contributed by atoms with van der Waals surface area (Å²) in [6, 6.07) is -0.377. The number of hydrogen-bond acceptors (Lipinski definition) is 2. The quantitative estimate of drug-likeness (QED) is 0.584. The molecule has 1 aliphatic heterocycles. The third-order valence-corrected chi connectivity index (χ3v) is 6.31. The maximum atomic E-state index is 12.6. The Morgan fingerprint density at radius 1 is 1.19 bits per heavy atom. The van der Waals surface area contributed by atoms with E-state index < -0.39 is 0 Å². The highest BCUT2D eigenvalue weighted by Gasteiger charge is 2.33. The molecular formula is C22H38N2O2. The van der Waals surface area contributed by atoms with Crippen molar-refractivity contribution in [2.75, 3.05) is 6.54 Å². The summed E-state index contributed by atoms with van der Waals surface area (Å²) in [6.45, 7) is 5.16. The van der Waals surface area contributed by atoms with Crippen LogP contribution in [0.1, 0.15) is 84.5 Å². The van der Waals surface area contributed by atoms with Crippen molar-refractivity contribution in [3.8, 4) is 0 Å². The Morgan fingerprint density at radius 2 is 1.92 bits per heavy atom. The first kappa shape index (κ1) is 21.0. The minimum atomic E-state index is -0.377. The minimum Gasteiger partial charge on any atom is -0.368 e. The molecule has 1 aliphatic carbocycles. The zero-order valence-corrected chi connectivity index (χ0v) is 16.8. The van der Waals surface area contributed by atoms with Gasteiger partial charge in [-0.05, 0) is 62.7 Å². The predicted octanol–water partition coefficient (Wildman–Crippen LogP) is 4.43. The summed E-state index contributed by atoms with van der Waals surface area (Å²) < 4.78 is 0. The van der Waals surface area contributed by atoms with Gasteiger partial charge in [0, 0.05) is 13.0 Å². The fourth-order valence-corrected chi connectivity index (χ4v) is 4.63. The summed E-state index contributed by atoms with van der Waals surface area (Å²) in [5.41, 5.74) is 5.44. The van der Waals surface area contributed by atoms with Crippen LogP contribution < -0.4 is 5.73 Å². The van der Waals surface area contributed by atoms with Crippen LogP contribution in [-0.4, -0.2) is 29.3 Å². The molecule has 2 aliphatic rings. The Labute approximate surface area is 159 Å². The standard InChI is InChI=1S/C22H38N2O2/c1-3-18(16-21(25)24-14-8-13-20(24)22(23)26)15-17(2)9-4-5-10-19-11-6-7-12-19/h5,10,17-20H,3-4,6-9,11-16H2,1-2H3,(H2,23,26)/b10-5-/t17-,18-,20+/m1/s1. The second-order valence-electron chi connectivity index (χ2n) is 8.52. The van der Waals surface area contributed by atoms with Gasteiger partial charge in [0.15, 0.2) is 0 Å². The fraction of sp³-hybridized carbons (Fsp3) is 0.818. The lowest BCUT2D eigenvalue weighted by atomic mass is 9.88. The summed E-state index contributed by atoms with van der Waals surface area (Å²) in [7, 11) is 0. The highest BCUT2D eigenvalue weighted by molar-refractivity contribution is 5.87. The lowest BCUT2D eigenvalue weighted by molar-refractivity contribution is -0.138. The zero-order valence-electron chi connectivity index (χ0n) is 16.8. The molecule has 148 valence electrons. The number of nitrogens with two attached hydrogens (primary N) is 1. The number of carbonyl (C=O) groups excluding carboxylic acids is 2. The molecule has 4 heteroatoms. The second kappa shape index (κ2) is 10.7. The largest absolute Gasteiger partial charge is 0.368 e. The van der Waals surface area contributed by atoms with Crippen LogP contribution in [0.25, 0.3) is 0 Å². The molecule has 2 fully saturated rings. The van der Waals surface area contributed by atoms with Crippen molar-refractivity contribution < 1.29 is 9.59 Å². The Balaban J connectivity index is 1.71. The number of carbonyl (C=O) groups is 2. The van der Waals surface area contributed by atoms with Crippen LogP contribution in [0.5, 0.6) is 0 Å². The van der Waals surface area contributed by atoms with E-state index in [1.807, 2.05) is 0 Å². The summed E-state index contributed by atoms with van der Waals surface area (Å²) in [6.07, 6.45) is 17.0. The molecule has 1 heterocycles. The third-order valence-electron chi connectivity index (χ3n) is 6.31. The molecule has 1 saturated heterocycles. The van der Waals surface area contributed by atoms with Crippen molar-refractivity contribution in [2.45, 2.75) is 90.5 Å². The molecular weight excluding hydrogens is 324 g/mol. The van der Waals surface area contributed by atoms with Crippen LogP contribution in [0.3, 0.4) is 0 Å². The first-order chi connectivity index (χ1) is 12.5. The van der Waals surface area contributed by atoms with Gasteiger partial charge in [-0.25, -0.2) is 0 Å². The van der Waals surface area contributed by atoms with Crippen LogP contribution >= 0.6 is 0 Å². The van der Waals surface area contributed by atoms with Gasteiger partial charge in [-0.3, -0.25) is 9.59 Å². The van der Waals surface area contributed by atoms with Crippen molar-refractivity contribution in [1.29, 1.82) is 0 Å². The Kier molecular flexibility index (Phi) is 8.67. The van der Waals surface area contributed by atoms with Crippen molar-refractivity contribution in [2.24, 2.45) is 23.5 Å². The van der Waals surface area contributed by atoms with Crippen LogP contribution in [0.15, 0.2) is 12.2 Å². The number of allylic oxidation sites excluding steroid dienone is 2. The molecule has 0 unspecified atom stereocenters. The Bertz CT molecular complexity index is 483. The molecule has 0 bridgehead atoms. The average Bonchev–Trinajstić information content (AvgIpc) is 3.29. The Morgan fingerprint density at radius 3 is 2.58 bits per heavy atom. The molecule has 0 aromatic carbocycles. The van der Waals surface area contributed by atoms with Gasteiger partial charge in [0.2, 0.25) is 11.8 Å². The summed E-state index contributed by atoms with van der Waals surface area (Å²) in [5.74, 6) is 1.62. The molecule has 0 aromatic rings. The van der Waals surface area contributed by atoms with Gasteiger partial charge < -0.3 is 10.6 Å². The molecule has 1 saturated carbocycles. The van der Waals surface area contributed by atoms with Crippen LogP contribution in [-0.2, 0) is 9.59 Å². The van der Waals surface area contributed by atoms with Gasteiger partial charge in [0.25, 0.3) is 0 Å². The van der Waals surface area contributed by atoms with Crippen molar-refractivity contribution in [1.82, 2.24) is 4.90 Å². The number of amides is 2.